The zero-order valence-electron chi connectivity index (χ0n) is 22.3. The predicted molar refractivity (Wildman–Crippen MR) is 145 cm³/mol. The second-order valence-corrected chi connectivity index (χ2v) is 10.6. The number of ether oxygens (including phenoxy) is 3. The molecule has 0 radical (unpaired) electrons. The number of halogens is 1. The number of cyclic esters (lactones) is 1. The van der Waals surface area contributed by atoms with Gasteiger partial charge in [0.2, 0.25) is 0 Å². The molecule has 1 atom stereocenters. The van der Waals surface area contributed by atoms with E-state index in [0.29, 0.717) is 41.8 Å². The zero-order chi connectivity index (χ0) is 27.9. The molecule has 1 aliphatic carbocycles. The van der Waals surface area contributed by atoms with E-state index in [1.54, 1.807) is 7.11 Å². The van der Waals surface area contributed by atoms with E-state index < -0.39 is 12.1 Å². The molecule has 0 spiro atoms. The van der Waals surface area contributed by atoms with E-state index in [4.69, 9.17) is 25.8 Å². The Morgan fingerprint density at radius 2 is 1.85 bits per heavy atom. The first-order valence-corrected chi connectivity index (χ1v) is 13.6. The quantitative estimate of drug-likeness (QED) is 0.381. The lowest BCUT2D eigenvalue weighted by Gasteiger charge is -2.35. The monoisotopic (exact) mass is 558 g/mol. The smallest absolute Gasteiger partial charge is 0.417 e. The molecule has 2 aliphatic rings. The number of amides is 2. The average Bonchev–Trinajstić information content (AvgIpc) is 3.26. The number of rotatable bonds is 12. The third-order valence-electron chi connectivity index (χ3n) is 7.62. The van der Waals surface area contributed by atoms with E-state index in [0.717, 1.165) is 35.4 Å². The summed E-state index contributed by atoms with van der Waals surface area (Å²) in [6, 6.07) is 13.7. The van der Waals surface area contributed by atoms with E-state index in [2.05, 4.69) is 11.8 Å². The van der Waals surface area contributed by atoms with Crippen molar-refractivity contribution < 1.29 is 33.7 Å². The van der Waals surface area contributed by atoms with Gasteiger partial charge in [0, 0.05) is 24.2 Å². The number of aliphatic carboxylic acids is 1. The van der Waals surface area contributed by atoms with Gasteiger partial charge >= 0.3 is 12.1 Å². The highest BCUT2D eigenvalue weighted by Crippen LogP contribution is 2.34. The Balaban J connectivity index is 1.45. The predicted octanol–water partition coefficient (Wildman–Crippen LogP) is 5.16. The molecule has 210 valence electrons. The summed E-state index contributed by atoms with van der Waals surface area (Å²) < 4.78 is 16.1. The van der Waals surface area contributed by atoms with Crippen LogP contribution in [0.15, 0.2) is 42.5 Å². The normalized spacial score (nSPS) is 20.2. The van der Waals surface area contributed by atoms with Gasteiger partial charge in [0.05, 0.1) is 19.6 Å². The van der Waals surface area contributed by atoms with Crippen LogP contribution in [0.4, 0.5) is 4.79 Å². The summed E-state index contributed by atoms with van der Waals surface area (Å²) in [5.74, 6) is 0.183. The number of nitrogens with zero attached hydrogens (tertiary/aromatic N) is 2. The molecule has 0 aromatic heterocycles. The van der Waals surface area contributed by atoms with Gasteiger partial charge in [-0.2, -0.15) is 0 Å². The second kappa shape index (κ2) is 13.2. The minimum atomic E-state index is -0.693. The van der Waals surface area contributed by atoms with Gasteiger partial charge in [-0.3, -0.25) is 14.5 Å². The lowest BCUT2D eigenvalue weighted by molar-refractivity contribution is -0.143. The average molecular weight is 559 g/mol. The van der Waals surface area contributed by atoms with Gasteiger partial charge in [0.15, 0.2) is 18.1 Å². The highest BCUT2D eigenvalue weighted by Gasteiger charge is 2.31. The number of benzene rings is 2. The van der Waals surface area contributed by atoms with E-state index >= 15 is 0 Å². The first kappa shape index (κ1) is 28.7. The van der Waals surface area contributed by atoms with E-state index in [1.807, 2.05) is 42.5 Å². The van der Waals surface area contributed by atoms with Gasteiger partial charge in [-0.1, -0.05) is 29.8 Å². The van der Waals surface area contributed by atoms with Crippen molar-refractivity contribution in [2.24, 2.45) is 11.8 Å². The van der Waals surface area contributed by atoms with Crippen molar-refractivity contribution in [1.29, 1.82) is 0 Å². The largest absolute Gasteiger partial charge is 0.493 e. The molecule has 2 fully saturated rings. The molecule has 2 amide bonds. The summed E-state index contributed by atoms with van der Waals surface area (Å²) in [5.41, 5.74) is 2.19. The van der Waals surface area contributed by atoms with Crippen LogP contribution in [0.2, 0.25) is 5.02 Å². The van der Waals surface area contributed by atoms with Crippen LogP contribution in [0, 0.1) is 11.8 Å². The van der Waals surface area contributed by atoms with Crippen molar-refractivity contribution in [2.75, 3.05) is 33.4 Å². The van der Waals surface area contributed by atoms with E-state index in [-0.39, 0.29) is 37.6 Å². The molecule has 9 nitrogen and oxygen atoms in total. The van der Waals surface area contributed by atoms with Gasteiger partial charge in [-0.15, -0.1) is 0 Å². The molecule has 2 aromatic carbocycles. The minimum Gasteiger partial charge on any atom is -0.493 e. The number of carbonyl (C=O) groups is 3. The summed E-state index contributed by atoms with van der Waals surface area (Å²) in [6.07, 6.45) is 2.55. The molecule has 1 saturated carbocycles. The van der Waals surface area contributed by atoms with Crippen LogP contribution in [0.1, 0.15) is 49.8 Å². The van der Waals surface area contributed by atoms with Crippen molar-refractivity contribution in [3.8, 4) is 11.5 Å². The minimum absolute atomic E-state index is 0.0963. The molecule has 1 aliphatic heterocycles. The van der Waals surface area contributed by atoms with Gasteiger partial charge in [-0.25, -0.2) is 9.69 Å². The van der Waals surface area contributed by atoms with E-state index in [9.17, 15) is 19.5 Å². The molecule has 1 heterocycles. The topological polar surface area (TPSA) is 106 Å². The molecule has 10 heteroatoms. The van der Waals surface area contributed by atoms with Crippen LogP contribution in [-0.2, 0) is 20.9 Å². The summed E-state index contributed by atoms with van der Waals surface area (Å²) in [6.45, 7) is 3.66. The summed E-state index contributed by atoms with van der Waals surface area (Å²) in [5, 5.41) is 10.1. The van der Waals surface area contributed by atoms with Gasteiger partial charge < -0.3 is 19.3 Å². The first-order valence-electron chi connectivity index (χ1n) is 13.2. The lowest BCUT2D eigenvalue weighted by atomic mass is 9.81. The number of methoxy groups -OCH3 is 1. The Hall–Kier alpha value is -3.30. The first-order chi connectivity index (χ1) is 18.7. The Kier molecular flexibility index (Phi) is 9.69. The zero-order valence-corrected chi connectivity index (χ0v) is 23.1. The Morgan fingerprint density at radius 1 is 1.13 bits per heavy atom. The Bertz CT molecular complexity index is 1150. The molecule has 0 bridgehead atoms. The number of imide groups is 1. The van der Waals surface area contributed by atoms with Crippen LogP contribution in [0.25, 0.3) is 0 Å². The molecule has 0 unspecified atom stereocenters. The maximum absolute atomic E-state index is 11.7. The number of carbonyl (C=O) groups excluding carboxylic acids is 2. The molecular weight excluding hydrogens is 524 g/mol. The standard InChI is InChI=1S/C29H35ClN2O7/c1-19(22-8-10-24(30)11-9-22)31(16-20-3-6-23(7-4-20)28(34)35)17-21-5-12-25(26(15-21)37-2)38-14-13-32-27(33)18-39-29(32)36/h5,8-12,15,19-20,23H,3-4,6-7,13-14,16-18H2,1-2H3,(H,34,35)/t19-,20-,23-/m0/s1. The highest BCUT2D eigenvalue weighted by atomic mass is 35.5. The molecule has 2 aromatic rings. The molecular formula is C29H35ClN2O7. The van der Waals surface area contributed by atoms with Gasteiger partial charge in [0.25, 0.3) is 5.91 Å². The van der Waals surface area contributed by atoms with Crippen LogP contribution < -0.4 is 9.47 Å². The molecule has 1 N–H and O–H groups in total. The fraction of sp³-hybridized carbons (Fsp3) is 0.483. The number of hydrogen-bond acceptors (Lipinski definition) is 7. The molecule has 4 rings (SSSR count). The fourth-order valence-electron chi connectivity index (χ4n) is 5.24. The van der Waals surface area contributed by atoms with Gasteiger partial charge in [0.1, 0.15) is 6.61 Å². The van der Waals surface area contributed by atoms with Gasteiger partial charge in [-0.05, 0) is 73.9 Å². The Morgan fingerprint density at radius 3 is 2.46 bits per heavy atom. The molecule has 1 saturated heterocycles. The van der Waals surface area contributed by atoms with Crippen molar-refractivity contribution in [3.63, 3.8) is 0 Å². The van der Waals surface area contributed by atoms with Crippen molar-refractivity contribution in [3.05, 3.63) is 58.6 Å². The van der Waals surface area contributed by atoms with Crippen LogP contribution >= 0.6 is 11.6 Å². The number of hydrogen-bond donors (Lipinski definition) is 1. The highest BCUT2D eigenvalue weighted by molar-refractivity contribution is 6.30. The maximum atomic E-state index is 11.7. The van der Waals surface area contributed by atoms with Crippen LogP contribution in [-0.4, -0.2) is 66.3 Å². The SMILES string of the molecule is COc1cc(CN(C[C@H]2CC[C@H](C(=O)O)CC2)[C@@H](C)c2ccc(Cl)cc2)ccc1OCCN1C(=O)COC1=O. The van der Waals surface area contributed by atoms with Crippen molar-refractivity contribution in [2.45, 2.75) is 45.2 Å². The summed E-state index contributed by atoms with van der Waals surface area (Å²) in [4.78, 5) is 38.2. The van der Waals surface area contributed by atoms with Crippen LogP contribution in [0.5, 0.6) is 11.5 Å². The van der Waals surface area contributed by atoms with Crippen molar-refractivity contribution in [1.82, 2.24) is 9.80 Å². The summed E-state index contributed by atoms with van der Waals surface area (Å²) in [7, 11) is 1.57. The summed E-state index contributed by atoms with van der Waals surface area (Å²) >= 11 is 6.13. The second-order valence-electron chi connectivity index (χ2n) is 10.1. The lowest BCUT2D eigenvalue weighted by Crippen LogP contribution is -2.34. The number of carboxylic acid groups (broad SMARTS) is 1. The fourth-order valence-corrected chi connectivity index (χ4v) is 5.37. The molecule has 39 heavy (non-hydrogen) atoms. The Labute approximate surface area is 233 Å². The van der Waals surface area contributed by atoms with E-state index in [1.165, 1.54) is 0 Å². The van der Waals surface area contributed by atoms with Crippen molar-refractivity contribution >= 4 is 29.6 Å². The third kappa shape index (κ3) is 7.42. The maximum Gasteiger partial charge on any atom is 0.417 e. The van der Waals surface area contributed by atoms with Crippen LogP contribution in [0.3, 0.4) is 0 Å². The third-order valence-corrected chi connectivity index (χ3v) is 7.87. The number of carboxylic acids is 1.